The van der Waals surface area contributed by atoms with Crippen LogP contribution in [0.25, 0.3) is 0 Å². The van der Waals surface area contributed by atoms with Crippen molar-refractivity contribution in [2.24, 2.45) is 0 Å². The summed E-state index contributed by atoms with van der Waals surface area (Å²) >= 11 is 0. The molecule has 0 unspecified atom stereocenters. The lowest BCUT2D eigenvalue weighted by Crippen LogP contribution is -2.43. The Balaban J connectivity index is 2.17. The third-order valence-electron chi connectivity index (χ3n) is 3.63. The standard InChI is InChI=1S/C14H20N2O/c1-10-5-6-11(15)9-12(10)13(17)16-14(2)7-3-4-8-14/h5-6,9H,3-4,7-8,15H2,1-2H3,(H,16,17). The van der Waals surface area contributed by atoms with Crippen molar-refractivity contribution >= 4 is 11.6 Å². The number of benzene rings is 1. The summed E-state index contributed by atoms with van der Waals surface area (Å²) in [5, 5.41) is 3.15. The minimum absolute atomic E-state index is 0.000741. The molecule has 0 heterocycles. The number of nitrogens with two attached hydrogens (primary N) is 1. The first-order valence-corrected chi connectivity index (χ1v) is 6.19. The lowest BCUT2D eigenvalue weighted by Gasteiger charge is -2.25. The van der Waals surface area contributed by atoms with Crippen molar-refractivity contribution in [2.75, 3.05) is 5.73 Å². The number of carbonyl (C=O) groups is 1. The van der Waals surface area contributed by atoms with Crippen LogP contribution in [0.2, 0.25) is 0 Å². The van der Waals surface area contributed by atoms with Gasteiger partial charge in [-0.2, -0.15) is 0 Å². The average Bonchev–Trinajstić information content (AvgIpc) is 2.68. The molecular weight excluding hydrogens is 212 g/mol. The average molecular weight is 232 g/mol. The molecule has 0 radical (unpaired) electrons. The molecular formula is C14H20N2O. The maximum absolute atomic E-state index is 12.2. The van der Waals surface area contributed by atoms with Crippen LogP contribution in [0.4, 0.5) is 5.69 Å². The molecule has 1 aromatic carbocycles. The molecule has 0 saturated heterocycles. The number of hydrogen-bond acceptors (Lipinski definition) is 2. The topological polar surface area (TPSA) is 55.1 Å². The summed E-state index contributed by atoms with van der Waals surface area (Å²) in [7, 11) is 0. The number of aryl methyl sites for hydroxylation is 1. The highest BCUT2D eigenvalue weighted by atomic mass is 16.1. The van der Waals surface area contributed by atoms with E-state index in [0.717, 1.165) is 18.4 Å². The van der Waals surface area contributed by atoms with Crippen LogP contribution in [0, 0.1) is 6.92 Å². The van der Waals surface area contributed by atoms with Gasteiger partial charge in [-0.25, -0.2) is 0 Å². The van der Waals surface area contributed by atoms with Gasteiger partial charge < -0.3 is 11.1 Å². The van der Waals surface area contributed by atoms with Crippen LogP contribution in [0.5, 0.6) is 0 Å². The summed E-state index contributed by atoms with van der Waals surface area (Å²) in [6, 6.07) is 5.47. The van der Waals surface area contributed by atoms with Crippen LogP contribution in [-0.2, 0) is 0 Å². The van der Waals surface area contributed by atoms with Crippen molar-refractivity contribution in [2.45, 2.75) is 45.1 Å². The van der Waals surface area contributed by atoms with Crippen LogP contribution < -0.4 is 11.1 Å². The van der Waals surface area contributed by atoms with Crippen molar-refractivity contribution in [3.63, 3.8) is 0 Å². The van der Waals surface area contributed by atoms with E-state index in [1.54, 1.807) is 6.07 Å². The lowest BCUT2D eigenvalue weighted by atomic mass is 9.99. The first kappa shape index (κ1) is 12.0. The predicted molar refractivity (Wildman–Crippen MR) is 69.9 cm³/mol. The van der Waals surface area contributed by atoms with E-state index in [1.165, 1.54) is 12.8 Å². The lowest BCUT2D eigenvalue weighted by molar-refractivity contribution is 0.0907. The number of anilines is 1. The summed E-state index contributed by atoms with van der Waals surface area (Å²) in [6.07, 6.45) is 4.54. The highest BCUT2D eigenvalue weighted by molar-refractivity contribution is 5.96. The van der Waals surface area contributed by atoms with E-state index in [4.69, 9.17) is 5.73 Å². The van der Waals surface area contributed by atoms with Crippen molar-refractivity contribution in [3.8, 4) is 0 Å². The second kappa shape index (κ2) is 4.40. The zero-order valence-electron chi connectivity index (χ0n) is 10.5. The Bertz CT molecular complexity index is 434. The molecule has 1 aromatic rings. The third kappa shape index (κ3) is 2.60. The van der Waals surface area contributed by atoms with Gasteiger partial charge in [0.25, 0.3) is 5.91 Å². The molecule has 1 fully saturated rings. The van der Waals surface area contributed by atoms with Crippen molar-refractivity contribution < 1.29 is 4.79 Å². The molecule has 3 heteroatoms. The molecule has 0 spiro atoms. The second-order valence-electron chi connectivity index (χ2n) is 5.30. The summed E-state index contributed by atoms with van der Waals surface area (Å²) in [4.78, 5) is 12.2. The maximum atomic E-state index is 12.2. The van der Waals surface area contributed by atoms with E-state index in [-0.39, 0.29) is 11.4 Å². The smallest absolute Gasteiger partial charge is 0.252 e. The zero-order chi connectivity index (χ0) is 12.5. The summed E-state index contributed by atoms with van der Waals surface area (Å²) < 4.78 is 0. The molecule has 3 nitrogen and oxygen atoms in total. The number of carbonyl (C=O) groups excluding carboxylic acids is 1. The van der Waals surface area contributed by atoms with Crippen LogP contribution >= 0.6 is 0 Å². The van der Waals surface area contributed by atoms with Crippen molar-refractivity contribution in [3.05, 3.63) is 29.3 Å². The number of nitrogen functional groups attached to an aromatic ring is 1. The molecule has 1 aliphatic carbocycles. The van der Waals surface area contributed by atoms with E-state index >= 15 is 0 Å². The molecule has 0 bridgehead atoms. The first-order valence-electron chi connectivity index (χ1n) is 6.19. The molecule has 2 rings (SSSR count). The minimum Gasteiger partial charge on any atom is -0.399 e. The fraction of sp³-hybridized carbons (Fsp3) is 0.500. The quantitative estimate of drug-likeness (QED) is 0.770. The maximum Gasteiger partial charge on any atom is 0.252 e. The SMILES string of the molecule is Cc1ccc(N)cc1C(=O)NC1(C)CCCC1. The van der Waals surface area contributed by atoms with Gasteiger partial charge in [0.15, 0.2) is 0 Å². The Morgan fingerprint density at radius 2 is 2.00 bits per heavy atom. The Morgan fingerprint density at radius 1 is 1.35 bits per heavy atom. The van der Waals surface area contributed by atoms with Crippen molar-refractivity contribution in [1.29, 1.82) is 0 Å². The Labute approximate surface area is 102 Å². The van der Waals surface area contributed by atoms with Gasteiger partial charge in [-0.1, -0.05) is 18.9 Å². The zero-order valence-corrected chi connectivity index (χ0v) is 10.5. The van der Waals surface area contributed by atoms with Crippen LogP contribution in [0.3, 0.4) is 0 Å². The fourth-order valence-corrected chi connectivity index (χ4v) is 2.51. The molecule has 3 N–H and O–H groups in total. The minimum atomic E-state index is -0.0336. The van der Waals surface area contributed by atoms with Gasteiger partial charge in [0.1, 0.15) is 0 Å². The molecule has 17 heavy (non-hydrogen) atoms. The van der Waals surface area contributed by atoms with E-state index in [1.807, 2.05) is 19.1 Å². The molecule has 1 saturated carbocycles. The van der Waals surface area contributed by atoms with Crippen LogP contribution in [0.1, 0.15) is 48.5 Å². The summed E-state index contributed by atoms with van der Waals surface area (Å²) in [5.74, 6) is -0.000741. The van der Waals surface area contributed by atoms with Crippen LogP contribution in [-0.4, -0.2) is 11.4 Å². The van der Waals surface area contributed by atoms with Crippen LogP contribution in [0.15, 0.2) is 18.2 Å². The third-order valence-corrected chi connectivity index (χ3v) is 3.63. The van der Waals surface area contributed by atoms with E-state index in [2.05, 4.69) is 12.2 Å². The van der Waals surface area contributed by atoms with E-state index in [9.17, 15) is 4.79 Å². The highest BCUT2D eigenvalue weighted by Gasteiger charge is 2.30. The predicted octanol–water partition coefficient (Wildman–Crippen LogP) is 2.64. The van der Waals surface area contributed by atoms with Gasteiger partial charge in [0, 0.05) is 16.8 Å². The van der Waals surface area contributed by atoms with Gasteiger partial charge in [-0.3, -0.25) is 4.79 Å². The molecule has 1 aliphatic rings. The Hall–Kier alpha value is -1.51. The van der Waals surface area contributed by atoms with Gasteiger partial charge in [0.05, 0.1) is 0 Å². The van der Waals surface area contributed by atoms with E-state index < -0.39 is 0 Å². The normalized spacial score (nSPS) is 18.0. The van der Waals surface area contributed by atoms with Gasteiger partial charge in [-0.15, -0.1) is 0 Å². The van der Waals surface area contributed by atoms with E-state index in [0.29, 0.717) is 11.3 Å². The molecule has 0 atom stereocenters. The second-order valence-corrected chi connectivity index (χ2v) is 5.30. The largest absolute Gasteiger partial charge is 0.399 e. The first-order chi connectivity index (χ1) is 8.00. The highest BCUT2D eigenvalue weighted by Crippen LogP contribution is 2.29. The monoisotopic (exact) mass is 232 g/mol. The number of hydrogen-bond donors (Lipinski definition) is 2. The molecule has 1 amide bonds. The van der Waals surface area contributed by atoms with Gasteiger partial charge in [0.2, 0.25) is 0 Å². The Morgan fingerprint density at radius 3 is 2.65 bits per heavy atom. The molecule has 92 valence electrons. The number of rotatable bonds is 2. The van der Waals surface area contributed by atoms with Crippen molar-refractivity contribution in [1.82, 2.24) is 5.32 Å². The summed E-state index contributed by atoms with van der Waals surface area (Å²) in [6.45, 7) is 4.06. The Kier molecular flexibility index (Phi) is 3.09. The molecule has 0 aliphatic heterocycles. The fourth-order valence-electron chi connectivity index (χ4n) is 2.51. The van der Waals surface area contributed by atoms with Gasteiger partial charge in [-0.05, 0) is 44.4 Å². The molecule has 0 aromatic heterocycles. The number of amides is 1. The summed E-state index contributed by atoms with van der Waals surface area (Å²) in [5.41, 5.74) is 7.99. The number of nitrogens with one attached hydrogen (secondary N) is 1. The van der Waals surface area contributed by atoms with Gasteiger partial charge >= 0.3 is 0 Å².